The zero-order valence-corrected chi connectivity index (χ0v) is 11.9. The molecule has 5 heteroatoms. The van der Waals surface area contributed by atoms with Gasteiger partial charge in [-0.2, -0.15) is 0 Å². The molecular weight excluding hydrogens is 280 g/mol. The number of para-hydroxylation sites is 1. The van der Waals surface area contributed by atoms with E-state index in [2.05, 4.69) is 5.43 Å². The van der Waals surface area contributed by atoms with Crippen molar-refractivity contribution in [2.45, 2.75) is 6.92 Å². The lowest BCUT2D eigenvalue weighted by Crippen LogP contribution is -2.24. The molecule has 3 rings (SSSR count). The Kier molecular flexibility index (Phi) is 3.39. The first kappa shape index (κ1) is 13.9. The van der Waals surface area contributed by atoms with Crippen molar-refractivity contribution in [2.75, 3.05) is 5.43 Å². The highest BCUT2D eigenvalue weighted by atomic mass is 16.3. The summed E-state index contributed by atoms with van der Waals surface area (Å²) in [6, 6.07) is 15.8. The first-order valence-corrected chi connectivity index (χ1v) is 6.79. The normalized spacial score (nSPS) is 10.6. The van der Waals surface area contributed by atoms with Gasteiger partial charge in [-0.05, 0) is 12.1 Å². The van der Waals surface area contributed by atoms with Gasteiger partial charge in [0.25, 0.3) is 0 Å². The molecule has 2 aromatic carbocycles. The van der Waals surface area contributed by atoms with Crippen LogP contribution in [0.2, 0.25) is 0 Å². The summed E-state index contributed by atoms with van der Waals surface area (Å²) in [6.45, 7) is 1.37. The van der Waals surface area contributed by atoms with E-state index in [1.807, 2.05) is 6.07 Å². The number of fused-ring (bicyclic) bond motifs is 1. The molecule has 3 aromatic rings. The fourth-order valence-electron chi connectivity index (χ4n) is 2.46. The number of aromatic hydroxyl groups is 1. The lowest BCUT2D eigenvalue weighted by atomic mass is 10.1. The maximum Gasteiger partial charge on any atom is 0.235 e. The molecule has 0 aliphatic carbocycles. The number of amides is 1. The van der Waals surface area contributed by atoms with Crippen molar-refractivity contribution < 1.29 is 9.90 Å². The molecule has 0 saturated carbocycles. The van der Waals surface area contributed by atoms with Crippen LogP contribution in [0.3, 0.4) is 0 Å². The Morgan fingerprint density at radius 1 is 1.05 bits per heavy atom. The summed E-state index contributed by atoms with van der Waals surface area (Å²) >= 11 is 0. The van der Waals surface area contributed by atoms with Crippen LogP contribution in [0, 0.1) is 0 Å². The zero-order valence-electron chi connectivity index (χ0n) is 11.9. The van der Waals surface area contributed by atoms with E-state index in [4.69, 9.17) is 0 Å². The molecule has 2 N–H and O–H groups in total. The fourth-order valence-corrected chi connectivity index (χ4v) is 2.46. The third-order valence-corrected chi connectivity index (χ3v) is 3.37. The van der Waals surface area contributed by atoms with Crippen LogP contribution in [0.1, 0.15) is 6.92 Å². The van der Waals surface area contributed by atoms with E-state index in [9.17, 15) is 14.7 Å². The first-order chi connectivity index (χ1) is 10.6. The zero-order chi connectivity index (χ0) is 15.7. The third-order valence-electron chi connectivity index (χ3n) is 3.37. The molecule has 1 amide bonds. The molecule has 1 aromatic heterocycles. The van der Waals surface area contributed by atoms with Gasteiger partial charge in [0.2, 0.25) is 11.3 Å². The van der Waals surface area contributed by atoms with Crippen LogP contribution in [0.4, 0.5) is 0 Å². The summed E-state index contributed by atoms with van der Waals surface area (Å²) in [7, 11) is 0. The summed E-state index contributed by atoms with van der Waals surface area (Å²) in [4.78, 5) is 23.9. The van der Waals surface area contributed by atoms with Gasteiger partial charge in [0.1, 0.15) is 5.69 Å². The summed E-state index contributed by atoms with van der Waals surface area (Å²) in [5.74, 6) is -0.691. The van der Waals surface area contributed by atoms with Crippen molar-refractivity contribution in [3.05, 3.63) is 64.8 Å². The highest BCUT2D eigenvalue weighted by molar-refractivity contribution is 5.90. The molecule has 0 radical (unpaired) electrons. The highest BCUT2D eigenvalue weighted by Crippen LogP contribution is 2.29. The van der Waals surface area contributed by atoms with Gasteiger partial charge in [-0.15, -0.1) is 0 Å². The molecule has 0 atom stereocenters. The number of aromatic nitrogens is 1. The Bertz CT molecular complexity index is 914. The number of benzene rings is 2. The molecule has 0 bridgehead atoms. The van der Waals surface area contributed by atoms with Crippen molar-refractivity contribution in [3.63, 3.8) is 0 Å². The molecule has 5 nitrogen and oxygen atoms in total. The van der Waals surface area contributed by atoms with Crippen LogP contribution in [0.15, 0.2) is 59.4 Å². The second-order valence-electron chi connectivity index (χ2n) is 4.91. The number of hydrogen-bond donors (Lipinski definition) is 2. The van der Waals surface area contributed by atoms with E-state index in [-0.39, 0.29) is 11.6 Å². The Hall–Kier alpha value is -3.08. The number of rotatable bonds is 2. The molecule has 110 valence electrons. The van der Waals surface area contributed by atoms with Gasteiger partial charge in [0, 0.05) is 12.5 Å². The largest absolute Gasteiger partial charge is 0.503 e. The lowest BCUT2D eigenvalue weighted by Gasteiger charge is -2.18. The van der Waals surface area contributed by atoms with Crippen molar-refractivity contribution in [1.29, 1.82) is 0 Å². The monoisotopic (exact) mass is 294 g/mol. The van der Waals surface area contributed by atoms with Crippen LogP contribution >= 0.6 is 0 Å². The molecular formula is C17H14N2O3. The van der Waals surface area contributed by atoms with Crippen LogP contribution in [-0.4, -0.2) is 15.7 Å². The molecule has 0 saturated heterocycles. The van der Waals surface area contributed by atoms with E-state index in [0.29, 0.717) is 16.5 Å². The Morgan fingerprint density at radius 2 is 1.68 bits per heavy atom. The van der Waals surface area contributed by atoms with Crippen LogP contribution in [-0.2, 0) is 4.79 Å². The number of pyridine rings is 1. The van der Waals surface area contributed by atoms with E-state index in [0.717, 1.165) is 0 Å². The van der Waals surface area contributed by atoms with Gasteiger partial charge in [-0.1, -0.05) is 42.5 Å². The number of carbonyl (C=O) groups is 1. The van der Waals surface area contributed by atoms with Gasteiger partial charge >= 0.3 is 0 Å². The molecule has 0 unspecified atom stereocenters. The SMILES string of the molecule is CC(=O)Nn1c(-c2ccccc2)c(O)c(=O)c2ccccc21. The first-order valence-electron chi connectivity index (χ1n) is 6.79. The second kappa shape index (κ2) is 5.37. The van der Waals surface area contributed by atoms with Crippen LogP contribution in [0.25, 0.3) is 22.2 Å². The Balaban J connectivity index is 2.46. The van der Waals surface area contributed by atoms with Crippen LogP contribution < -0.4 is 10.9 Å². The van der Waals surface area contributed by atoms with Crippen LogP contribution in [0.5, 0.6) is 5.75 Å². The van der Waals surface area contributed by atoms with Crippen molar-refractivity contribution in [2.24, 2.45) is 0 Å². The van der Waals surface area contributed by atoms with Gasteiger partial charge in [0.05, 0.1) is 10.9 Å². The molecule has 0 aliphatic rings. The van der Waals surface area contributed by atoms with Crippen molar-refractivity contribution in [1.82, 2.24) is 4.68 Å². The molecule has 0 spiro atoms. The predicted molar refractivity (Wildman–Crippen MR) is 85.4 cm³/mol. The molecule has 0 aliphatic heterocycles. The van der Waals surface area contributed by atoms with Gasteiger partial charge in [-0.3, -0.25) is 15.0 Å². The Labute approximate surface area is 126 Å². The molecule has 1 heterocycles. The minimum Gasteiger partial charge on any atom is -0.503 e. The van der Waals surface area contributed by atoms with Gasteiger partial charge in [-0.25, -0.2) is 4.68 Å². The predicted octanol–water partition coefficient (Wildman–Crippen LogP) is 2.46. The van der Waals surface area contributed by atoms with Gasteiger partial charge < -0.3 is 5.11 Å². The minimum absolute atomic E-state index is 0.263. The summed E-state index contributed by atoms with van der Waals surface area (Å²) in [5, 5.41) is 10.7. The summed E-state index contributed by atoms with van der Waals surface area (Å²) < 4.78 is 1.45. The van der Waals surface area contributed by atoms with Crippen molar-refractivity contribution >= 4 is 16.8 Å². The third kappa shape index (κ3) is 2.22. The molecule has 0 fully saturated rings. The highest BCUT2D eigenvalue weighted by Gasteiger charge is 2.18. The summed E-state index contributed by atoms with van der Waals surface area (Å²) in [5.41, 5.74) is 3.63. The number of carbonyl (C=O) groups excluding carboxylic acids is 1. The quantitative estimate of drug-likeness (QED) is 0.762. The van der Waals surface area contributed by atoms with Crippen molar-refractivity contribution in [3.8, 4) is 17.0 Å². The topological polar surface area (TPSA) is 71.3 Å². The number of nitrogens with zero attached hydrogens (tertiary/aromatic N) is 1. The average Bonchev–Trinajstić information content (AvgIpc) is 2.53. The van der Waals surface area contributed by atoms with E-state index < -0.39 is 11.2 Å². The maximum absolute atomic E-state index is 12.4. The average molecular weight is 294 g/mol. The lowest BCUT2D eigenvalue weighted by molar-refractivity contribution is -0.115. The van der Waals surface area contributed by atoms with E-state index >= 15 is 0 Å². The Morgan fingerprint density at radius 3 is 2.36 bits per heavy atom. The van der Waals surface area contributed by atoms with E-state index in [1.165, 1.54) is 11.6 Å². The second-order valence-corrected chi connectivity index (χ2v) is 4.91. The summed E-state index contributed by atoms with van der Waals surface area (Å²) in [6.07, 6.45) is 0. The van der Waals surface area contributed by atoms with E-state index in [1.54, 1.807) is 48.5 Å². The molecule has 22 heavy (non-hydrogen) atoms. The smallest absolute Gasteiger partial charge is 0.235 e. The number of nitrogens with one attached hydrogen (secondary N) is 1. The van der Waals surface area contributed by atoms with Gasteiger partial charge in [0.15, 0.2) is 5.75 Å². The maximum atomic E-state index is 12.4. The minimum atomic E-state index is -0.462. The fraction of sp³-hybridized carbons (Fsp3) is 0.0588. The number of hydrogen-bond acceptors (Lipinski definition) is 3. The standard InChI is InChI=1S/C17H14N2O3/c1-11(20)18-19-14-10-6-5-9-13(14)16(21)17(22)15(19)12-7-3-2-4-8-12/h2-10,22H,1H3,(H,18,20).